The standard InChI is InChI=1S/C4H8IN3/c1-4-5(2)8-7-3-6-4/h7H,2-3H2,1H3. The highest BCUT2D eigenvalue weighted by molar-refractivity contribution is 14.2. The molecule has 1 rings (SSSR count). The van der Waals surface area contributed by atoms with Gasteiger partial charge in [0.25, 0.3) is 0 Å². The molecule has 0 saturated carbocycles. The molecule has 46 valence electrons. The normalized spacial score (nSPS) is 21.9. The third-order valence-corrected chi connectivity index (χ3v) is 3.91. The average Bonchev–Trinajstić information content (AvgIpc) is 1.77. The highest BCUT2D eigenvalue weighted by atomic mass is 127. The zero-order chi connectivity index (χ0) is 5.98. The lowest BCUT2D eigenvalue weighted by Gasteiger charge is -2.01. The molecule has 0 aliphatic carbocycles. The Morgan fingerprint density at radius 3 is 3.00 bits per heavy atom. The van der Waals surface area contributed by atoms with E-state index in [1.807, 2.05) is 6.92 Å². The van der Waals surface area contributed by atoms with Crippen LogP contribution in [0.4, 0.5) is 0 Å². The Bertz CT molecular complexity index is 187. The highest BCUT2D eigenvalue weighted by Gasteiger charge is 1.91. The number of rotatable bonds is 0. The van der Waals surface area contributed by atoms with Crippen LogP contribution in [0, 0.1) is 0 Å². The second-order valence-electron chi connectivity index (χ2n) is 1.39. The maximum atomic E-state index is 4.13. The molecule has 0 fully saturated rings. The molecule has 1 N–H and O–H groups in total. The van der Waals surface area contributed by atoms with Gasteiger partial charge in [-0.05, 0) is 6.92 Å². The van der Waals surface area contributed by atoms with Crippen molar-refractivity contribution in [2.24, 2.45) is 8.25 Å². The minimum Gasteiger partial charge on any atom is -0.266 e. The maximum absolute atomic E-state index is 4.13. The van der Waals surface area contributed by atoms with E-state index in [2.05, 4.69) is 18.2 Å². The SMILES string of the molecule is C=I1=NNCN=C1C. The first kappa shape index (κ1) is 6.15. The van der Waals surface area contributed by atoms with E-state index in [1.54, 1.807) is 0 Å². The third-order valence-electron chi connectivity index (χ3n) is 0.845. The van der Waals surface area contributed by atoms with E-state index in [9.17, 15) is 0 Å². The summed E-state index contributed by atoms with van der Waals surface area (Å²) in [6.45, 7) is 2.65. The predicted octanol–water partition coefficient (Wildman–Crippen LogP) is 1.00. The van der Waals surface area contributed by atoms with Crippen LogP contribution in [0.25, 0.3) is 0 Å². The molecule has 0 amide bonds. The van der Waals surface area contributed by atoms with Crippen molar-refractivity contribution >= 4 is 27.4 Å². The number of aliphatic imine (C=N–C) groups is 1. The van der Waals surface area contributed by atoms with E-state index >= 15 is 0 Å². The van der Waals surface area contributed by atoms with Gasteiger partial charge in [-0.15, -0.1) is 0 Å². The van der Waals surface area contributed by atoms with Crippen LogP contribution in [-0.4, -0.2) is 14.9 Å². The summed E-state index contributed by atoms with van der Waals surface area (Å²) in [7, 11) is 0. The van der Waals surface area contributed by atoms with Crippen LogP contribution >= 0.6 is 19.2 Å². The Morgan fingerprint density at radius 1 is 1.88 bits per heavy atom. The van der Waals surface area contributed by atoms with Gasteiger partial charge in [-0.3, -0.25) is 4.99 Å². The first-order valence-corrected chi connectivity index (χ1v) is 5.81. The minimum absolute atomic E-state index is 0.648. The fraction of sp³-hybridized carbons (Fsp3) is 0.500. The molecule has 1 heterocycles. The molecule has 0 spiro atoms. The Labute approximate surface area is 54.9 Å². The summed E-state index contributed by atoms with van der Waals surface area (Å²) in [5, 5.41) is 0. The molecule has 8 heavy (non-hydrogen) atoms. The van der Waals surface area contributed by atoms with Gasteiger partial charge in [0.15, 0.2) is 0 Å². The fourth-order valence-electron chi connectivity index (χ4n) is 0.373. The zero-order valence-electron chi connectivity index (χ0n) is 4.69. The first-order valence-electron chi connectivity index (χ1n) is 2.24. The van der Waals surface area contributed by atoms with E-state index in [-0.39, 0.29) is 0 Å². The molecule has 0 radical (unpaired) electrons. The van der Waals surface area contributed by atoms with Gasteiger partial charge in [-0.25, -0.2) is 0 Å². The molecule has 0 aromatic heterocycles. The van der Waals surface area contributed by atoms with Crippen LogP contribution < -0.4 is 5.43 Å². The molecular formula is C4H8IN3. The van der Waals surface area contributed by atoms with E-state index in [0.29, 0.717) is 6.67 Å². The van der Waals surface area contributed by atoms with Gasteiger partial charge in [-0.2, -0.15) is 8.68 Å². The van der Waals surface area contributed by atoms with E-state index in [0.717, 1.165) is 3.72 Å². The van der Waals surface area contributed by atoms with Crippen LogP contribution in [-0.2, 0) is 0 Å². The third kappa shape index (κ3) is 1.25. The highest BCUT2D eigenvalue weighted by Crippen LogP contribution is 2.13. The van der Waals surface area contributed by atoms with Gasteiger partial charge in [0.1, 0.15) is 6.67 Å². The molecule has 0 saturated heterocycles. The molecule has 0 aromatic carbocycles. The van der Waals surface area contributed by atoms with E-state index in [1.165, 1.54) is 0 Å². The summed E-state index contributed by atoms with van der Waals surface area (Å²) in [4.78, 5) is 4.13. The van der Waals surface area contributed by atoms with Gasteiger partial charge < -0.3 is 0 Å². The van der Waals surface area contributed by atoms with Crippen LogP contribution in [0.15, 0.2) is 8.25 Å². The molecule has 0 atom stereocenters. The quantitative estimate of drug-likeness (QED) is 0.613. The van der Waals surface area contributed by atoms with Gasteiger partial charge in [0, 0.05) is 19.2 Å². The lowest BCUT2D eigenvalue weighted by atomic mass is 10.9. The summed E-state index contributed by atoms with van der Waals surface area (Å²) in [5.41, 5.74) is 2.81. The molecule has 0 unspecified atom stereocenters. The van der Waals surface area contributed by atoms with Crippen molar-refractivity contribution in [3.8, 4) is 0 Å². The van der Waals surface area contributed by atoms with Crippen molar-refractivity contribution in [1.82, 2.24) is 5.43 Å². The lowest BCUT2D eigenvalue weighted by molar-refractivity contribution is 0.781. The van der Waals surface area contributed by atoms with Gasteiger partial charge in [0.05, 0.1) is 3.72 Å². The molecule has 1 aliphatic rings. The van der Waals surface area contributed by atoms with Crippen molar-refractivity contribution in [2.75, 3.05) is 6.67 Å². The van der Waals surface area contributed by atoms with Crippen molar-refractivity contribution < 1.29 is 0 Å². The Hall–Kier alpha value is 0.0300. The first-order chi connectivity index (χ1) is 3.80. The number of hydrogen-bond acceptors (Lipinski definition) is 3. The second-order valence-corrected chi connectivity index (χ2v) is 5.36. The molecule has 0 bridgehead atoms. The molecule has 0 aromatic rings. The zero-order valence-corrected chi connectivity index (χ0v) is 6.84. The molecular weight excluding hydrogens is 217 g/mol. The largest absolute Gasteiger partial charge is 0.266 e. The molecule has 4 heteroatoms. The van der Waals surface area contributed by atoms with Crippen LogP contribution in [0.5, 0.6) is 0 Å². The minimum atomic E-state index is -1.33. The summed E-state index contributed by atoms with van der Waals surface area (Å²) < 4.78 is 9.11. The number of hydrogen-bond donors (Lipinski definition) is 1. The predicted molar refractivity (Wildman–Crippen MR) is 44.7 cm³/mol. The average molecular weight is 225 g/mol. The molecule has 1 aliphatic heterocycles. The van der Waals surface area contributed by atoms with Gasteiger partial charge in [0.2, 0.25) is 0 Å². The van der Waals surface area contributed by atoms with Crippen LogP contribution in [0.1, 0.15) is 6.92 Å². The van der Waals surface area contributed by atoms with Gasteiger partial charge in [-0.1, -0.05) is 4.51 Å². The van der Waals surface area contributed by atoms with E-state index < -0.39 is 19.2 Å². The lowest BCUT2D eigenvalue weighted by Crippen LogP contribution is -2.07. The fourth-order valence-corrected chi connectivity index (χ4v) is 1.85. The summed E-state index contributed by atoms with van der Waals surface area (Å²) >= 11 is -1.33. The summed E-state index contributed by atoms with van der Waals surface area (Å²) in [5.74, 6) is 0. The second kappa shape index (κ2) is 2.54. The van der Waals surface area contributed by atoms with Crippen molar-refractivity contribution in [2.45, 2.75) is 6.92 Å². The topological polar surface area (TPSA) is 36.8 Å². The summed E-state index contributed by atoms with van der Waals surface area (Å²) in [6, 6.07) is 0. The van der Waals surface area contributed by atoms with Crippen LogP contribution in [0.3, 0.4) is 0 Å². The summed E-state index contributed by atoms with van der Waals surface area (Å²) in [6.07, 6.45) is 0. The monoisotopic (exact) mass is 225 g/mol. The number of halogens is 1. The van der Waals surface area contributed by atoms with Crippen molar-refractivity contribution in [1.29, 1.82) is 0 Å². The number of nitrogens with one attached hydrogen (secondary N) is 1. The van der Waals surface area contributed by atoms with Crippen molar-refractivity contribution in [3.05, 3.63) is 0 Å². The Kier molecular flexibility index (Phi) is 1.95. The Morgan fingerprint density at radius 2 is 2.62 bits per heavy atom. The maximum Gasteiger partial charge on any atom is 0.109 e. The van der Waals surface area contributed by atoms with E-state index in [4.69, 9.17) is 0 Å². The van der Waals surface area contributed by atoms with Gasteiger partial charge >= 0.3 is 0 Å². The van der Waals surface area contributed by atoms with Crippen molar-refractivity contribution in [3.63, 3.8) is 0 Å². The van der Waals surface area contributed by atoms with Crippen LogP contribution in [0.2, 0.25) is 0 Å². The Balaban J connectivity index is 2.89. The molecule has 3 nitrogen and oxygen atoms in total. The number of nitrogens with zero attached hydrogens (tertiary/aromatic N) is 2. The smallest absolute Gasteiger partial charge is 0.109 e.